The summed E-state index contributed by atoms with van der Waals surface area (Å²) >= 11 is 3.52. The summed E-state index contributed by atoms with van der Waals surface area (Å²) in [6, 6.07) is 20.9. The van der Waals surface area contributed by atoms with Gasteiger partial charge < -0.3 is 14.8 Å². The maximum absolute atomic E-state index is 12.8. The summed E-state index contributed by atoms with van der Waals surface area (Å²) < 4.78 is 12.4. The first-order valence-corrected chi connectivity index (χ1v) is 12.9. The number of hydrazone groups is 1. The zero-order valence-corrected chi connectivity index (χ0v) is 23.0. The molecule has 0 radical (unpaired) electrons. The fraction of sp³-hybridized carbons (Fsp3) is 0.241. The first-order valence-electron chi connectivity index (χ1n) is 12.1. The number of nitrogens with zero attached hydrogens (tertiary/aromatic N) is 2. The van der Waals surface area contributed by atoms with Crippen molar-refractivity contribution < 1.29 is 19.1 Å². The number of hydrogen-bond donors (Lipinski definition) is 2. The van der Waals surface area contributed by atoms with Crippen LogP contribution >= 0.6 is 15.9 Å². The largest absolute Gasteiger partial charge is 0.490 e. The number of halogens is 1. The van der Waals surface area contributed by atoms with Gasteiger partial charge in [0.05, 0.1) is 28.9 Å². The average molecular weight is 577 g/mol. The van der Waals surface area contributed by atoms with Gasteiger partial charge in [-0.25, -0.2) is 5.43 Å². The van der Waals surface area contributed by atoms with Crippen LogP contribution in [-0.4, -0.2) is 30.7 Å². The van der Waals surface area contributed by atoms with Crippen molar-refractivity contribution in [3.8, 4) is 17.6 Å². The first-order chi connectivity index (χ1) is 18.3. The average Bonchev–Trinajstić information content (AvgIpc) is 2.91. The number of nitriles is 1. The summed E-state index contributed by atoms with van der Waals surface area (Å²) in [5.74, 6) is 0.0603. The van der Waals surface area contributed by atoms with Gasteiger partial charge in [0.2, 0.25) is 0 Å². The maximum atomic E-state index is 12.8. The molecule has 0 heterocycles. The van der Waals surface area contributed by atoms with Gasteiger partial charge in [-0.3, -0.25) is 9.59 Å². The summed E-state index contributed by atoms with van der Waals surface area (Å²) in [6.07, 6.45) is 1.48. The van der Waals surface area contributed by atoms with Crippen molar-refractivity contribution in [2.45, 2.75) is 33.4 Å². The highest BCUT2D eigenvalue weighted by Gasteiger charge is 2.24. The van der Waals surface area contributed by atoms with Crippen LogP contribution in [0.15, 0.2) is 76.3 Å². The van der Waals surface area contributed by atoms with Gasteiger partial charge >= 0.3 is 0 Å². The van der Waals surface area contributed by atoms with E-state index in [1.54, 1.807) is 48.5 Å². The second-order valence-corrected chi connectivity index (χ2v) is 9.47. The van der Waals surface area contributed by atoms with Crippen molar-refractivity contribution in [1.82, 2.24) is 10.7 Å². The lowest BCUT2D eigenvalue weighted by atomic mass is 10.0. The van der Waals surface area contributed by atoms with Crippen molar-refractivity contribution in [3.05, 3.63) is 93.5 Å². The van der Waals surface area contributed by atoms with Gasteiger partial charge in [0.15, 0.2) is 11.5 Å². The Balaban J connectivity index is 1.70. The van der Waals surface area contributed by atoms with E-state index in [9.17, 15) is 14.9 Å². The number of rotatable bonds is 11. The van der Waals surface area contributed by atoms with Crippen LogP contribution in [0.3, 0.4) is 0 Å². The number of benzene rings is 3. The number of carbonyl (C=O) groups is 2. The van der Waals surface area contributed by atoms with Gasteiger partial charge in [-0.15, -0.1) is 0 Å². The molecule has 3 aromatic carbocycles. The molecule has 2 N–H and O–H groups in total. The van der Waals surface area contributed by atoms with E-state index in [-0.39, 0.29) is 18.4 Å². The van der Waals surface area contributed by atoms with Gasteiger partial charge in [0.25, 0.3) is 11.8 Å². The molecule has 9 heteroatoms. The lowest BCUT2D eigenvalue weighted by molar-refractivity contribution is -0.123. The Hall–Kier alpha value is -4.16. The van der Waals surface area contributed by atoms with Crippen LogP contribution in [-0.2, 0) is 11.4 Å². The highest BCUT2D eigenvalue weighted by molar-refractivity contribution is 9.10. The number of nitrogens with one attached hydrogen (secondary N) is 2. The first kappa shape index (κ1) is 28.4. The summed E-state index contributed by atoms with van der Waals surface area (Å²) in [4.78, 5) is 25.3. The van der Waals surface area contributed by atoms with Crippen molar-refractivity contribution in [2.75, 3.05) is 6.61 Å². The van der Waals surface area contributed by atoms with Crippen LogP contribution in [0.25, 0.3) is 0 Å². The summed E-state index contributed by atoms with van der Waals surface area (Å²) in [6.45, 7) is 6.15. The third kappa shape index (κ3) is 7.67. The molecule has 0 saturated carbocycles. The van der Waals surface area contributed by atoms with Gasteiger partial charge in [-0.1, -0.05) is 50.2 Å². The molecule has 3 rings (SSSR count). The van der Waals surface area contributed by atoms with E-state index in [4.69, 9.17) is 9.47 Å². The molecule has 0 aliphatic rings. The van der Waals surface area contributed by atoms with Crippen molar-refractivity contribution in [2.24, 2.45) is 11.0 Å². The second-order valence-electron chi connectivity index (χ2n) is 8.62. The second kappa shape index (κ2) is 14.0. The molecule has 1 atom stereocenters. The Morgan fingerprint density at radius 1 is 1.08 bits per heavy atom. The molecule has 3 aromatic rings. The minimum atomic E-state index is -0.766. The summed E-state index contributed by atoms with van der Waals surface area (Å²) in [5, 5.41) is 16.2. The Morgan fingerprint density at radius 2 is 1.79 bits per heavy atom. The molecule has 0 bridgehead atoms. The topological polar surface area (TPSA) is 113 Å². The standard InChI is InChI=1S/C29H29BrN4O4/c1-4-37-25-15-20(14-24(30)27(25)38-18-23-13-9-8-12-22(23)16-31)17-32-34-29(36)26(19(2)3)33-28(35)21-10-6-5-7-11-21/h5-15,17,19,26H,4,18H2,1-3H3,(H,33,35)(H,34,36). The van der Waals surface area contributed by atoms with Crippen LogP contribution in [0.4, 0.5) is 0 Å². The zero-order chi connectivity index (χ0) is 27.5. The molecule has 0 saturated heterocycles. The quantitative estimate of drug-likeness (QED) is 0.240. The Morgan fingerprint density at radius 3 is 2.47 bits per heavy atom. The Kier molecular flexibility index (Phi) is 10.4. The van der Waals surface area contributed by atoms with E-state index in [2.05, 4.69) is 37.8 Å². The molecule has 8 nitrogen and oxygen atoms in total. The fourth-order valence-corrected chi connectivity index (χ4v) is 4.13. The molecule has 0 aliphatic carbocycles. The zero-order valence-electron chi connectivity index (χ0n) is 21.4. The summed E-state index contributed by atoms with van der Waals surface area (Å²) in [5.41, 5.74) is 4.94. The highest BCUT2D eigenvalue weighted by Crippen LogP contribution is 2.37. The lowest BCUT2D eigenvalue weighted by Gasteiger charge is -2.20. The smallest absolute Gasteiger partial charge is 0.262 e. The molecule has 0 fully saturated rings. The monoisotopic (exact) mass is 576 g/mol. The van der Waals surface area contributed by atoms with Gasteiger partial charge in [-0.2, -0.15) is 10.4 Å². The number of amides is 2. The van der Waals surface area contributed by atoms with Crippen molar-refractivity contribution in [1.29, 1.82) is 5.26 Å². The van der Waals surface area contributed by atoms with Crippen LogP contribution in [0.5, 0.6) is 11.5 Å². The van der Waals surface area contributed by atoms with Crippen LogP contribution in [0.2, 0.25) is 0 Å². The minimum Gasteiger partial charge on any atom is -0.490 e. The fourth-order valence-electron chi connectivity index (χ4n) is 3.56. The van der Waals surface area contributed by atoms with Crippen LogP contribution in [0, 0.1) is 17.2 Å². The molecule has 0 spiro atoms. The lowest BCUT2D eigenvalue weighted by Crippen LogP contribution is -2.48. The highest BCUT2D eigenvalue weighted by atomic mass is 79.9. The molecular weight excluding hydrogens is 548 g/mol. The third-order valence-electron chi connectivity index (χ3n) is 5.50. The molecule has 1 unspecified atom stereocenters. The van der Waals surface area contributed by atoms with Gasteiger partial charge in [0, 0.05) is 11.1 Å². The number of carbonyl (C=O) groups excluding carboxylic acids is 2. The molecular formula is C29H29BrN4O4. The molecule has 0 aliphatic heterocycles. The predicted molar refractivity (Wildman–Crippen MR) is 149 cm³/mol. The van der Waals surface area contributed by atoms with Crippen LogP contribution in [0.1, 0.15) is 47.8 Å². The number of hydrogen-bond acceptors (Lipinski definition) is 6. The third-order valence-corrected chi connectivity index (χ3v) is 6.09. The number of ether oxygens (including phenoxy) is 2. The van der Waals surface area contributed by atoms with E-state index in [0.29, 0.717) is 39.3 Å². The van der Waals surface area contributed by atoms with E-state index < -0.39 is 11.9 Å². The Bertz CT molecular complexity index is 1340. The Labute approximate surface area is 230 Å². The van der Waals surface area contributed by atoms with E-state index in [0.717, 1.165) is 5.56 Å². The van der Waals surface area contributed by atoms with E-state index in [1.165, 1.54) is 6.21 Å². The molecule has 0 aromatic heterocycles. The van der Waals surface area contributed by atoms with E-state index >= 15 is 0 Å². The predicted octanol–water partition coefficient (Wildman–Crippen LogP) is 5.20. The van der Waals surface area contributed by atoms with Crippen molar-refractivity contribution in [3.63, 3.8) is 0 Å². The maximum Gasteiger partial charge on any atom is 0.262 e. The molecule has 38 heavy (non-hydrogen) atoms. The minimum absolute atomic E-state index is 0.154. The molecule has 2 amide bonds. The van der Waals surface area contributed by atoms with Crippen molar-refractivity contribution >= 4 is 34.0 Å². The SMILES string of the molecule is CCOc1cc(C=NNC(=O)C(NC(=O)c2ccccc2)C(C)C)cc(Br)c1OCc1ccccc1C#N. The summed E-state index contributed by atoms with van der Waals surface area (Å²) in [7, 11) is 0. The van der Waals surface area contributed by atoms with E-state index in [1.807, 2.05) is 39.0 Å². The molecule has 196 valence electrons. The van der Waals surface area contributed by atoms with Gasteiger partial charge in [0.1, 0.15) is 12.6 Å². The van der Waals surface area contributed by atoms with Crippen LogP contribution < -0.4 is 20.2 Å². The normalized spacial score (nSPS) is 11.6. The van der Waals surface area contributed by atoms with Gasteiger partial charge in [-0.05, 0) is 64.7 Å².